The minimum atomic E-state index is 0. The van der Waals surface area contributed by atoms with Gasteiger partial charge in [0, 0.05) is 39.3 Å². The van der Waals surface area contributed by atoms with Gasteiger partial charge in [0.25, 0.3) is 0 Å². The Hall–Kier alpha value is -1.06. The Labute approximate surface area is 187 Å². The van der Waals surface area contributed by atoms with Crippen LogP contribution in [0.15, 0.2) is 29.3 Å². The molecule has 7 heteroatoms. The fraction of sp³-hybridized carbons (Fsp3) is 0.667. The molecule has 0 atom stereocenters. The summed E-state index contributed by atoms with van der Waals surface area (Å²) in [5, 5.41) is 6.76. The highest BCUT2D eigenvalue weighted by Crippen LogP contribution is 2.13. The van der Waals surface area contributed by atoms with Crippen LogP contribution in [-0.4, -0.2) is 69.9 Å². The van der Waals surface area contributed by atoms with Crippen LogP contribution < -0.4 is 15.4 Å². The van der Waals surface area contributed by atoms with E-state index in [1.165, 1.54) is 5.56 Å². The van der Waals surface area contributed by atoms with Gasteiger partial charge in [0.1, 0.15) is 5.75 Å². The number of nitrogens with zero attached hydrogens (tertiary/aromatic N) is 2. The first-order valence-corrected chi connectivity index (χ1v) is 10.4. The molecule has 0 spiro atoms. The van der Waals surface area contributed by atoms with Crippen LogP contribution >= 0.6 is 24.0 Å². The zero-order valence-corrected chi connectivity index (χ0v) is 19.7. The molecule has 0 bridgehead atoms. The summed E-state index contributed by atoms with van der Waals surface area (Å²) < 4.78 is 11.1. The van der Waals surface area contributed by atoms with E-state index in [1.807, 2.05) is 6.07 Å². The molecule has 0 amide bonds. The summed E-state index contributed by atoms with van der Waals surface area (Å²) in [4.78, 5) is 7.15. The Kier molecular flexibility index (Phi) is 14.1. The number of nitrogens with one attached hydrogen (secondary N) is 2. The van der Waals surface area contributed by atoms with Gasteiger partial charge in [-0.3, -0.25) is 9.89 Å². The van der Waals surface area contributed by atoms with Gasteiger partial charge in [-0.2, -0.15) is 0 Å². The molecular weight excluding hydrogens is 467 g/mol. The number of ether oxygens (including phenoxy) is 2. The quantitative estimate of drug-likeness (QED) is 0.210. The zero-order valence-electron chi connectivity index (χ0n) is 17.4. The highest BCUT2D eigenvalue weighted by molar-refractivity contribution is 14.0. The third-order valence-electron chi connectivity index (χ3n) is 4.43. The first kappa shape index (κ1) is 25.0. The molecule has 0 aliphatic carbocycles. The number of guanidine groups is 1. The van der Waals surface area contributed by atoms with Crippen molar-refractivity contribution in [2.24, 2.45) is 4.99 Å². The van der Waals surface area contributed by atoms with Gasteiger partial charge in [-0.15, -0.1) is 24.0 Å². The second-order valence-corrected chi connectivity index (χ2v) is 6.74. The summed E-state index contributed by atoms with van der Waals surface area (Å²) in [7, 11) is 0. The van der Waals surface area contributed by atoms with Crippen LogP contribution in [0.2, 0.25) is 0 Å². The number of benzene rings is 1. The number of halogens is 1. The maximum absolute atomic E-state index is 5.71. The van der Waals surface area contributed by atoms with Gasteiger partial charge in [-0.25, -0.2) is 0 Å². The van der Waals surface area contributed by atoms with Crippen LogP contribution in [0.25, 0.3) is 0 Å². The molecule has 2 rings (SSSR count). The largest absolute Gasteiger partial charge is 0.494 e. The van der Waals surface area contributed by atoms with Gasteiger partial charge in [-0.05, 0) is 43.9 Å². The van der Waals surface area contributed by atoms with Crippen molar-refractivity contribution in [1.82, 2.24) is 15.5 Å². The molecule has 1 fully saturated rings. The fourth-order valence-electron chi connectivity index (χ4n) is 2.99. The van der Waals surface area contributed by atoms with E-state index < -0.39 is 0 Å². The van der Waals surface area contributed by atoms with E-state index >= 15 is 0 Å². The standard InChI is InChI=1S/C21H36N4O2.HI/c1-3-15-27-20-8-5-7-19(18-20)9-11-24-21(22-4-2)23-10-6-12-25-13-16-26-17-14-25;/h5,7-8,18H,3-4,6,9-17H2,1-2H3,(H2,22,23,24);1H. The molecule has 0 saturated carbocycles. The summed E-state index contributed by atoms with van der Waals surface area (Å²) in [6, 6.07) is 8.36. The summed E-state index contributed by atoms with van der Waals surface area (Å²) in [5.41, 5.74) is 1.28. The van der Waals surface area contributed by atoms with E-state index in [2.05, 4.69) is 47.6 Å². The molecule has 1 heterocycles. The molecule has 2 N–H and O–H groups in total. The lowest BCUT2D eigenvalue weighted by atomic mass is 10.1. The molecule has 160 valence electrons. The number of rotatable bonds is 11. The van der Waals surface area contributed by atoms with Gasteiger partial charge in [0.2, 0.25) is 0 Å². The van der Waals surface area contributed by atoms with Crippen LogP contribution in [-0.2, 0) is 11.2 Å². The Morgan fingerprint density at radius 3 is 2.79 bits per heavy atom. The van der Waals surface area contributed by atoms with Crippen molar-refractivity contribution >= 4 is 29.9 Å². The van der Waals surface area contributed by atoms with Crippen molar-refractivity contribution in [3.8, 4) is 5.75 Å². The fourth-order valence-corrected chi connectivity index (χ4v) is 2.99. The van der Waals surface area contributed by atoms with Crippen molar-refractivity contribution in [2.45, 2.75) is 33.1 Å². The summed E-state index contributed by atoms with van der Waals surface area (Å²) >= 11 is 0. The van der Waals surface area contributed by atoms with Gasteiger partial charge in [-0.1, -0.05) is 19.1 Å². The van der Waals surface area contributed by atoms with Crippen LogP contribution in [0.4, 0.5) is 0 Å². The Balaban J connectivity index is 0.00000392. The molecule has 1 aliphatic heterocycles. The SMILES string of the molecule is CCCOc1cccc(CCNC(=NCCCN2CCOCC2)NCC)c1.I. The molecule has 1 aromatic carbocycles. The van der Waals surface area contributed by atoms with Crippen molar-refractivity contribution < 1.29 is 9.47 Å². The van der Waals surface area contributed by atoms with E-state index in [0.717, 1.165) is 90.1 Å². The first-order chi connectivity index (χ1) is 13.3. The zero-order chi connectivity index (χ0) is 19.2. The van der Waals surface area contributed by atoms with E-state index in [9.17, 15) is 0 Å². The van der Waals surface area contributed by atoms with E-state index in [0.29, 0.717) is 0 Å². The maximum Gasteiger partial charge on any atom is 0.191 e. The predicted octanol–water partition coefficient (Wildman–Crippen LogP) is 2.91. The van der Waals surface area contributed by atoms with Crippen LogP contribution in [0, 0.1) is 0 Å². The van der Waals surface area contributed by atoms with Gasteiger partial charge in [0.05, 0.1) is 19.8 Å². The van der Waals surface area contributed by atoms with Crippen LogP contribution in [0.1, 0.15) is 32.3 Å². The number of hydrogen-bond donors (Lipinski definition) is 2. The normalized spacial score (nSPS) is 15.0. The van der Waals surface area contributed by atoms with Crippen molar-refractivity contribution in [1.29, 1.82) is 0 Å². The van der Waals surface area contributed by atoms with Crippen molar-refractivity contribution in [3.63, 3.8) is 0 Å². The van der Waals surface area contributed by atoms with Crippen molar-refractivity contribution in [2.75, 3.05) is 59.1 Å². The Bertz CT molecular complexity index is 551. The minimum absolute atomic E-state index is 0. The first-order valence-electron chi connectivity index (χ1n) is 10.4. The van der Waals surface area contributed by atoms with Gasteiger partial charge in [0.15, 0.2) is 5.96 Å². The molecule has 6 nitrogen and oxygen atoms in total. The number of hydrogen-bond acceptors (Lipinski definition) is 4. The Morgan fingerprint density at radius 2 is 2.04 bits per heavy atom. The third-order valence-corrected chi connectivity index (χ3v) is 4.43. The third kappa shape index (κ3) is 10.5. The highest BCUT2D eigenvalue weighted by atomic mass is 127. The summed E-state index contributed by atoms with van der Waals surface area (Å²) in [6.07, 6.45) is 3.05. The topological polar surface area (TPSA) is 58.1 Å². The lowest BCUT2D eigenvalue weighted by Crippen LogP contribution is -2.39. The molecule has 1 aromatic rings. The Morgan fingerprint density at radius 1 is 1.21 bits per heavy atom. The monoisotopic (exact) mass is 504 g/mol. The lowest BCUT2D eigenvalue weighted by molar-refractivity contribution is 0.0377. The average molecular weight is 504 g/mol. The van der Waals surface area contributed by atoms with Crippen molar-refractivity contribution in [3.05, 3.63) is 29.8 Å². The molecule has 1 saturated heterocycles. The second-order valence-electron chi connectivity index (χ2n) is 6.74. The minimum Gasteiger partial charge on any atom is -0.494 e. The molecule has 0 aromatic heterocycles. The predicted molar refractivity (Wildman–Crippen MR) is 127 cm³/mol. The molecule has 1 aliphatic rings. The van der Waals surface area contributed by atoms with Crippen LogP contribution in [0.5, 0.6) is 5.75 Å². The molecule has 0 unspecified atom stereocenters. The van der Waals surface area contributed by atoms with E-state index in [4.69, 9.17) is 14.5 Å². The lowest BCUT2D eigenvalue weighted by Gasteiger charge is -2.26. The van der Waals surface area contributed by atoms with E-state index in [-0.39, 0.29) is 24.0 Å². The highest BCUT2D eigenvalue weighted by Gasteiger charge is 2.09. The van der Waals surface area contributed by atoms with Gasteiger partial charge < -0.3 is 20.1 Å². The smallest absolute Gasteiger partial charge is 0.191 e. The average Bonchev–Trinajstić information content (AvgIpc) is 2.70. The van der Waals surface area contributed by atoms with E-state index in [1.54, 1.807) is 0 Å². The van der Waals surface area contributed by atoms with Gasteiger partial charge >= 0.3 is 0 Å². The summed E-state index contributed by atoms with van der Waals surface area (Å²) in [5.74, 6) is 1.86. The molecule has 0 radical (unpaired) electrons. The molecule has 28 heavy (non-hydrogen) atoms. The van der Waals surface area contributed by atoms with Crippen LogP contribution in [0.3, 0.4) is 0 Å². The second kappa shape index (κ2) is 15.8. The summed E-state index contributed by atoms with van der Waals surface area (Å²) in [6.45, 7) is 12.5. The molecular formula is C21H37IN4O2. The number of morpholine rings is 1. The maximum atomic E-state index is 5.71. The number of aliphatic imine (C=N–C) groups is 1.